The molecule has 0 saturated carbocycles. The molecule has 2 heterocycles. The Bertz CT molecular complexity index is 1170. The number of fused-ring (bicyclic) bond motifs is 1. The summed E-state index contributed by atoms with van der Waals surface area (Å²) in [4.78, 5) is 44.6. The molecular weight excluding hydrogens is 394 g/mol. The molecule has 2 aromatic heterocycles. The molecule has 0 aliphatic carbocycles. The Morgan fingerprint density at radius 2 is 1.87 bits per heavy atom. The van der Waals surface area contributed by atoms with E-state index in [1.54, 1.807) is 0 Å². The molecule has 0 radical (unpaired) electrons. The van der Waals surface area contributed by atoms with Crippen LogP contribution in [0.3, 0.4) is 0 Å². The first kappa shape index (κ1) is 22.5. The van der Waals surface area contributed by atoms with E-state index >= 15 is 0 Å². The first-order valence-electron chi connectivity index (χ1n) is 10.9. The summed E-state index contributed by atoms with van der Waals surface area (Å²) in [7, 11) is 0. The molecule has 31 heavy (non-hydrogen) atoms. The van der Waals surface area contributed by atoms with Gasteiger partial charge in [0.25, 0.3) is 5.56 Å². The van der Waals surface area contributed by atoms with Crippen molar-refractivity contribution < 1.29 is 4.79 Å². The number of aromatic amines is 1. The fourth-order valence-corrected chi connectivity index (χ4v) is 3.58. The molecule has 2 N–H and O–H groups in total. The zero-order chi connectivity index (χ0) is 22.5. The molecule has 166 valence electrons. The number of aryl methyl sites for hydroxylation is 3. The van der Waals surface area contributed by atoms with Crippen LogP contribution in [0.1, 0.15) is 51.4 Å². The molecule has 0 bridgehead atoms. The average Bonchev–Trinajstić information content (AvgIpc) is 3.06. The Labute approximate surface area is 181 Å². The highest BCUT2D eigenvalue weighted by Gasteiger charge is 2.19. The van der Waals surface area contributed by atoms with Gasteiger partial charge < -0.3 is 9.88 Å². The van der Waals surface area contributed by atoms with Crippen LogP contribution in [0, 0.1) is 12.8 Å². The minimum Gasteiger partial charge on any atom is -0.326 e. The number of aromatic nitrogens is 4. The number of hydrogen-bond donors (Lipinski definition) is 2. The van der Waals surface area contributed by atoms with Crippen molar-refractivity contribution in [2.45, 2.75) is 66.5 Å². The Morgan fingerprint density at radius 1 is 1.16 bits per heavy atom. The SMILES string of the molecule is CCCCn1c(=O)[nH]c(=O)c2c1nc(CCC(=O)Nc1ccc(C)cc1)n2CC(C)C. The molecule has 1 aromatic carbocycles. The second-order valence-corrected chi connectivity index (χ2v) is 8.38. The van der Waals surface area contributed by atoms with Crippen LogP contribution in [0.4, 0.5) is 5.69 Å². The maximum atomic E-state index is 12.6. The highest BCUT2D eigenvalue weighted by Crippen LogP contribution is 2.17. The predicted molar refractivity (Wildman–Crippen MR) is 122 cm³/mol. The van der Waals surface area contributed by atoms with E-state index in [1.807, 2.05) is 42.7 Å². The number of anilines is 1. The van der Waals surface area contributed by atoms with E-state index < -0.39 is 11.2 Å². The molecule has 8 heteroatoms. The molecule has 3 rings (SSSR count). The number of H-pyrrole nitrogens is 1. The van der Waals surface area contributed by atoms with Gasteiger partial charge in [-0.1, -0.05) is 44.9 Å². The fraction of sp³-hybridized carbons (Fsp3) is 0.478. The summed E-state index contributed by atoms with van der Waals surface area (Å²) in [6.07, 6.45) is 2.34. The topological polar surface area (TPSA) is 102 Å². The minimum atomic E-state index is -0.441. The zero-order valence-electron chi connectivity index (χ0n) is 18.7. The van der Waals surface area contributed by atoms with Gasteiger partial charge in [0.1, 0.15) is 5.82 Å². The number of benzene rings is 1. The van der Waals surface area contributed by atoms with Crippen LogP contribution in [0.25, 0.3) is 11.2 Å². The maximum Gasteiger partial charge on any atom is 0.330 e. The van der Waals surface area contributed by atoms with Crippen LogP contribution in [-0.2, 0) is 24.3 Å². The smallest absolute Gasteiger partial charge is 0.326 e. The Balaban J connectivity index is 1.91. The van der Waals surface area contributed by atoms with Gasteiger partial charge in [-0.05, 0) is 31.4 Å². The van der Waals surface area contributed by atoms with Crippen LogP contribution >= 0.6 is 0 Å². The molecule has 1 amide bonds. The van der Waals surface area contributed by atoms with Crippen LogP contribution in [0.5, 0.6) is 0 Å². The largest absolute Gasteiger partial charge is 0.330 e. The van der Waals surface area contributed by atoms with Crippen molar-refractivity contribution in [1.82, 2.24) is 19.1 Å². The Kier molecular flexibility index (Phi) is 7.09. The summed E-state index contributed by atoms with van der Waals surface area (Å²) in [5, 5.41) is 2.89. The number of imidazole rings is 1. The third kappa shape index (κ3) is 5.31. The standard InChI is InChI=1S/C23H31N5O3/c1-5-6-13-27-21-20(22(30)26-23(27)31)28(14-15(2)3)18(25-21)11-12-19(29)24-17-9-7-16(4)8-10-17/h7-10,15H,5-6,11-14H2,1-4H3,(H,24,29)(H,26,30,31). The lowest BCUT2D eigenvalue weighted by atomic mass is 10.2. The molecule has 0 spiro atoms. The number of amides is 1. The molecule has 0 unspecified atom stereocenters. The van der Waals surface area contributed by atoms with E-state index in [2.05, 4.69) is 29.1 Å². The van der Waals surface area contributed by atoms with Crippen LogP contribution < -0.4 is 16.6 Å². The van der Waals surface area contributed by atoms with Gasteiger partial charge in [-0.2, -0.15) is 0 Å². The summed E-state index contributed by atoms with van der Waals surface area (Å²) in [5.74, 6) is 0.793. The van der Waals surface area contributed by atoms with E-state index in [9.17, 15) is 14.4 Å². The third-order valence-electron chi connectivity index (χ3n) is 5.16. The van der Waals surface area contributed by atoms with Crippen LogP contribution in [0.2, 0.25) is 0 Å². The number of nitrogens with one attached hydrogen (secondary N) is 2. The maximum absolute atomic E-state index is 12.6. The van der Waals surface area contributed by atoms with Gasteiger partial charge in [-0.3, -0.25) is 19.1 Å². The number of carbonyl (C=O) groups excluding carboxylic acids is 1. The quantitative estimate of drug-likeness (QED) is 0.549. The van der Waals surface area contributed by atoms with E-state index in [4.69, 9.17) is 0 Å². The zero-order valence-corrected chi connectivity index (χ0v) is 18.7. The summed E-state index contributed by atoms with van der Waals surface area (Å²) < 4.78 is 3.40. The number of unbranched alkanes of at least 4 members (excludes halogenated alkanes) is 1. The normalized spacial score (nSPS) is 11.4. The van der Waals surface area contributed by atoms with E-state index in [0.717, 1.165) is 24.1 Å². The first-order valence-corrected chi connectivity index (χ1v) is 10.9. The van der Waals surface area contributed by atoms with Crippen molar-refractivity contribution in [1.29, 1.82) is 0 Å². The van der Waals surface area contributed by atoms with Crippen molar-refractivity contribution in [2.75, 3.05) is 5.32 Å². The van der Waals surface area contributed by atoms with Gasteiger partial charge in [0.05, 0.1) is 0 Å². The van der Waals surface area contributed by atoms with Crippen LogP contribution in [-0.4, -0.2) is 25.0 Å². The van der Waals surface area contributed by atoms with E-state index in [0.29, 0.717) is 36.5 Å². The van der Waals surface area contributed by atoms with Crippen molar-refractivity contribution in [2.24, 2.45) is 5.92 Å². The first-order chi connectivity index (χ1) is 14.8. The predicted octanol–water partition coefficient (Wildman–Crippen LogP) is 3.22. The van der Waals surface area contributed by atoms with Crippen molar-refractivity contribution in [3.05, 3.63) is 56.5 Å². The molecule has 8 nitrogen and oxygen atoms in total. The van der Waals surface area contributed by atoms with E-state index in [-0.39, 0.29) is 18.2 Å². The summed E-state index contributed by atoms with van der Waals surface area (Å²) in [6.45, 7) is 9.23. The fourth-order valence-electron chi connectivity index (χ4n) is 3.58. The van der Waals surface area contributed by atoms with Crippen molar-refractivity contribution >= 4 is 22.8 Å². The minimum absolute atomic E-state index is 0.121. The molecule has 0 fully saturated rings. The molecule has 3 aromatic rings. The molecular formula is C23H31N5O3. The van der Waals surface area contributed by atoms with Gasteiger partial charge in [-0.25, -0.2) is 9.78 Å². The lowest BCUT2D eigenvalue weighted by Gasteiger charge is -2.11. The monoisotopic (exact) mass is 425 g/mol. The molecule has 0 aliphatic rings. The van der Waals surface area contributed by atoms with Gasteiger partial charge in [0.15, 0.2) is 11.2 Å². The summed E-state index contributed by atoms with van der Waals surface area (Å²) in [5.41, 5.74) is 1.80. The summed E-state index contributed by atoms with van der Waals surface area (Å²) in [6, 6.07) is 7.62. The van der Waals surface area contributed by atoms with Crippen molar-refractivity contribution in [3.63, 3.8) is 0 Å². The molecule has 0 atom stereocenters. The Hall–Kier alpha value is -3.16. The average molecular weight is 426 g/mol. The highest BCUT2D eigenvalue weighted by molar-refractivity contribution is 5.90. The van der Waals surface area contributed by atoms with Crippen molar-refractivity contribution in [3.8, 4) is 0 Å². The van der Waals surface area contributed by atoms with Gasteiger partial charge in [0.2, 0.25) is 5.91 Å². The van der Waals surface area contributed by atoms with Crippen LogP contribution in [0.15, 0.2) is 33.9 Å². The van der Waals surface area contributed by atoms with Gasteiger partial charge >= 0.3 is 5.69 Å². The highest BCUT2D eigenvalue weighted by atomic mass is 16.2. The molecule has 0 aliphatic heterocycles. The number of nitrogens with zero attached hydrogens (tertiary/aromatic N) is 3. The molecule has 0 saturated heterocycles. The van der Waals surface area contributed by atoms with Gasteiger partial charge in [-0.15, -0.1) is 0 Å². The number of rotatable bonds is 9. The Morgan fingerprint density at radius 3 is 2.52 bits per heavy atom. The number of carbonyl (C=O) groups is 1. The number of hydrogen-bond acceptors (Lipinski definition) is 4. The second-order valence-electron chi connectivity index (χ2n) is 8.38. The third-order valence-corrected chi connectivity index (χ3v) is 5.16. The lowest BCUT2D eigenvalue weighted by molar-refractivity contribution is -0.116. The van der Waals surface area contributed by atoms with E-state index in [1.165, 1.54) is 4.57 Å². The second kappa shape index (κ2) is 9.76. The summed E-state index contributed by atoms with van der Waals surface area (Å²) >= 11 is 0. The van der Waals surface area contributed by atoms with Gasteiger partial charge in [0, 0.05) is 31.6 Å². The lowest BCUT2D eigenvalue weighted by Crippen LogP contribution is -2.31.